The van der Waals surface area contributed by atoms with Crippen LogP contribution in [0, 0.1) is 5.82 Å². The Hall–Kier alpha value is -4.28. The zero-order valence-electron chi connectivity index (χ0n) is 20.6. The Balaban J connectivity index is 1.29. The molecule has 0 unspecified atom stereocenters. The summed E-state index contributed by atoms with van der Waals surface area (Å²) in [5.74, 6) is 1.27. The molecule has 0 spiro atoms. The summed E-state index contributed by atoms with van der Waals surface area (Å²) < 4.78 is 23.9. The van der Waals surface area contributed by atoms with E-state index in [9.17, 15) is 9.18 Å². The van der Waals surface area contributed by atoms with Gasteiger partial charge >= 0.3 is 5.97 Å². The topological polar surface area (TPSA) is 105 Å². The van der Waals surface area contributed by atoms with Crippen molar-refractivity contribution in [3.8, 4) is 11.5 Å². The molecule has 2 aliphatic heterocycles. The highest BCUT2D eigenvalue weighted by Gasteiger charge is 2.21. The van der Waals surface area contributed by atoms with E-state index in [0.29, 0.717) is 29.2 Å². The fourth-order valence-electron chi connectivity index (χ4n) is 4.28. The summed E-state index contributed by atoms with van der Waals surface area (Å²) in [4.78, 5) is 30.6. The van der Waals surface area contributed by atoms with Crippen molar-refractivity contribution in [3.63, 3.8) is 0 Å². The molecule has 2 aliphatic rings. The average Bonchev–Trinajstić information content (AvgIpc) is 3.65. The molecule has 0 amide bonds. The van der Waals surface area contributed by atoms with Crippen LogP contribution in [-0.2, 0) is 0 Å². The van der Waals surface area contributed by atoms with E-state index < -0.39 is 11.8 Å². The molecule has 0 saturated carbocycles. The van der Waals surface area contributed by atoms with Gasteiger partial charge in [-0.15, -0.1) is 0 Å². The molecule has 5 rings (SSSR count). The zero-order chi connectivity index (χ0) is 25.6. The predicted octanol–water partition coefficient (Wildman–Crippen LogP) is 3.88. The Morgan fingerprint density at radius 3 is 2.14 bits per heavy atom. The maximum absolute atomic E-state index is 13.1. The number of carbonyl (C=O) groups is 1. The van der Waals surface area contributed by atoms with Crippen molar-refractivity contribution in [1.29, 1.82) is 0 Å². The monoisotopic (exact) mass is 505 g/mol. The smallest absolute Gasteiger partial charge is 0.343 e. The molecule has 10 nitrogen and oxygen atoms in total. The van der Waals surface area contributed by atoms with Gasteiger partial charge in [-0.2, -0.15) is 20.1 Å². The van der Waals surface area contributed by atoms with Crippen molar-refractivity contribution in [3.05, 3.63) is 59.4 Å². The molecule has 0 aliphatic carbocycles. The molecule has 2 aromatic carbocycles. The van der Waals surface area contributed by atoms with Gasteiger partial charge in [0.2, 0.25) is 17.8 Å². The van der Waals surface area contributed by atoms with Crippen LogP contribution in [0.3, 0.4) is 0 Å². The summed E-state index contributed by atoms with van der Waals surface area (Å²) in [5.41, 5.74) is 3.87. The lowest BCUT2D eigenvalue weighted by Gasteiger charge is -2.20. The van der Waals surface area contributed by atoms with Crippen molar-refractivity contribution < 1.29 is 18.7 Å². The number of ether oxygens (including phenoxy) is 2. The number of aromatic nitrogens is 3. The molecule has 0 atom stereocenters. The van der Waals surface area contributed by atoms with Gasteiger partial charge in [0, 0.05) is 26.2 Å². The summed E-state index contributed by atoms with van der Waals surface area (Å²) in [6.07, 6.45) is 6.11. The molecule has 37 heavy (non-hydrogen) atoms. The van der Waals surface area contributed by atoms with E-state index in [-0.39, 0.29) is 11.3 Å². The molecule has 192 valence electrons. The van der Waals surface area contributed by atoms with Gasteiger partial charge < -0.3 is 19.3 Å². The van der Waals surface area contributed by atoms with Crippen LogP contribution >= 0.6 is 0 Å². The van der Waals surface area contributed by atoms with Crippen LogP contribution in [0.5, 0.6) is 11.5 Å². The highest BCUT2D eigenvalue weighted by molar-refractivity contribution is 5.91. The van der Waals surface area contributed by atoms with Crippen LogP contribution < -0.4 is 24.7 Å². The summed E-state index contributed by atoms with van der Waals surface area (Å²) in [7, 11) is 1.48. The van der Waals surface area contributed by atoms with E-state index >= 15 is 0 Å². The van der Waals surface area contributed by atoms with Crippen LogP contribution in [0.25, 0.3) is 0 Å². The van der Waals surface area contributed by atoms with E-state index in [4.69, 9.17) is 14.5 Å². The molecular weight excluding hydrogens is 477 g/mol. The number of methoxy groups -OCH3 is 1. The van der Waals surface area contributed by atoms with Gasteiger partial charge in [0.05, 0.1) is 18.9 Å². The third-order valence-corrected chi connectivity index (χ3v) is 6.24. The van der Waals surface area contributed by atoms with Gasteiger partial charge in [-0.05, 0) is 73.7 Å². The third kappa shape index (κ3) is 5.93. The normalized spacial score (nSPS) is 15.4. The molecule has 1 aromatic heterocycles. The van der Waals surface area contributed by atoms with E-state index in [0.717, 1.165) is 51.9 Å². The summed E-state index contributed by atoms with van der Waals surface area (Å²) in [5, 5.41) is 4.31. The van der Waals surface area contributed by atoms with Crippen LogP contribution in [0.4, 0.5) is 22.2 Å². The summed E-state index contributed by atoms with van der Waals surface area (Å²) in [6.45, 7) is 3.74. The SMILES string of the molecule is COc1cc(/C=N\Nc2nc(N3CCCC3)nc(N3CCCC3)n2)ccc1OC(=O)c1ccc(F)cc1. The maximum Gasteiger partial charge on any atom is 0.343 e. The summed E-state index contributed by atoms with van der Waals surface area (Å²) in [6, 6.07) is 10.2. The zero-order valence-corrected chi connectivity index (χ0v) is 20.6. The van der Waals surface area contributed by atoms with Gasteiger partial charge in [-0.3, -0.25) is 0 Å². The Morgan fingerprint density at radius 1 is 0.919 bits per heavy atom. The number of benzene rings is 2. The number of esters is 1. The third-order valence-electron chi connectivity index (χ3n) is 6.24. The van der Waals surface area contributed by atoms with Gasteiger partial charge in [-0.25, -0.2) is 14.6 Å². The van der Waals surface area contributed by atoms with Crippen molar-refractivity contribution in [2.75, 3.05) is 48.5 Å². The molecule has 3 aromatic rings. The Morgan fingerprint density at radius 2 is 1.54 bits per heavy atom. The second-order valence-corrected chi connectivity index (χ2v) is 8.82. The van der Waals surface area contributed by atoms with Gasteiger partial charge in [0.15, 0.2) is 11.5 Å². The quantitative estimate of drug-likeness (QED) is 0.211. The molecule has 2 saturated heterocycles. The van der Waals surface area contributed by atoms with Crippen LogP contribution in [0.2, 0.25) is 0 Å². The lowest BCUT2D eigenvalue weighted by atomic mass is 10.2. The van der Waals surface area contributed by atoms with Gasteiger partial charge in [0.1, 0.15) is 5.82 Å². The number of nitrogens with zero attached hydrogens (tertiary/aromatic N) is 6. The first-order chi connectivity index (χ1) is 18.1. The van der Waals surface area contributed by atoms with Crippen molar-refractivity contribution in [2.45, 2.75) is 25.7 Å². The van der Waals surface area contributed by atoms with E-state index in [1.165, 1.54) is 31.4 Å². The van der Waals surface area contributed by atoms with E-state index in [1.807, 2.05) is 0 Å². The number of hydrazone groups is 1. The minimum absolute atomic E-state index is 0.234. The molecule has 3 heterocycles. The first-order valence-corrected chi connectivity index (χ1v) is 12.3. The van der Waals surface area contributed by atoms with Crippen molar-refractivity contribution in [2.24, 2.45) is 5.10 Å². The van der Waals surface area contributed by atoms with Crippen molar-refractivity contribution in [1.82, 2.24) is 15.0 Å². The average molecular weight is 506 g/mol. The van der Waals surface area contributed by atoms with Crippen LogP contribution in [-0.4, -0.2) is 60.4 Å². The molecule has 0 bridgehead atoms. The molecule has 11 heteroatoms. The number of rotatable bonds is 8. The lowest BCUT2D eigenvalue weighted by Crippen LogP contribution is -2.25. The molecule has 1 N–H and O–H groups in total. The second-order valence-electron chi connectivity index (χ2n) is 8.82. The summed E-state index contributed by atoms with van der Waals surface area (Å²) >= 11 is 0. The Kier molecular flexibility index (Phi) is 7.38. The Labute approximate surface area is 214 Å². The van der Waals surface area contributed by atoms with Crippen molar-refractivity contribution >= 4 is 30.0 Å². The fraction of sp³-hybridized carbons (Fsp3) is 0.346. The standard InChI is InChI=1S/C26H28FN7O3/c1-36-22-16-18(6-11-21(22)37-23(35)19-7-9-20(27)10-8-19)17-28-32-24-29-25(33-12-2-3-13-33)31-26(30-24)34-14-4-5-15-34/h6-11,16-17H,2-5,12-15H2,1H3,(H,29,30,31,32)/b28-17-. The molecule has 2 fully saturated rings. The number of nitrogens with one attached hydrogen (secondary N) is 1. The highest BCUT2D eigenvalue weighted by Crippen LogP contribution is 2.28. The lowest BCUT2D eigenvalue weighted by molar-refractivity contribution is 0.0729. The Bertz CT molecular complexity index is 1240. The largest absolute Gasteiger partial charge is 0.493 e. The van der Waals surface area contributed by atoms with Crippen LogP contribution in [0.1, 0.15) is 41.6 Å². The second kappa shape index (κ2) is 11.2. The first-order valence-electron chi connectivity index (χ1n) is 12.3. The number of carbonyl (C=O) groups excluding carboxylic acids is 1. The minimum Gasteiger partial charge on any atom is -0.493 e. The number of halogens is 1. The number of hydrogen-bond acceptors (Lipinski definition) is 10. The molecule has 0 radical (unpaired) electrons. The fourth-order valence-corrected chi connectivity index (χ4v) is 4.28. The number of anilines is 3. The van der Waals surface area contributed by atoms with E-state index in [1.54, 1.807) is 24.4 Å². The highest BCUT2D eigenvalue weighted by atomic mass is 19.1. The molecular formula is C26H28FN7O3. The van der Waals surface area contributed by atoms with E-state index in [2.05, 4.69) is 30.3 Å². The van der Waals surface area contributed by atoms with Gasteiger partial charge in [0.25, 0.3) is 0 Å². The minimum atomic E-state index is -0.612. The van der Waals surface area contributed by atoms with Gasteiger partial charge in [-0.1, -0.05) is 0 Å². The number of hydrogen-bond donors (Lipinski definition) is 1. The maximum atomic E-state index is 13.1. The first kappa shape index (κ1) is 24.4. The van der Waals surface area contributed by atoms with Crippen LogP contribution in [0.15, 0.2) is 47.6 Å². The predicted molar refractivity (Wildman–Crippen MR) is 138 cm³/mol.